The van der Waals surface area contributed by atoms with Crippen molar-refractivity contribution in [3.63, 3.8) is 0 Å². The van der Waals surface area contributed by atoms with Crippen LogP contribution in [0.15, 0.2) is 11.6 Å². The maximum absolute atomic E-state index is 3.54. The van der Waals surface area contributed by atoms with Gasteiger partial charge in [0, 0.05) is 12.6 Å². The third-order valence-electron chi connectivity index (χ3n) is 3.11. The van der Waals surface area contributed by atoms with Crippen LogP contribution in [0.4, 0.5) is 0 Å². The van der Waals surface area contributed by atoms with Crippen LogP contribution in [0.2, 0.25) is 0 Å². The van der Waals surface area contributed by atoms with Gasteiger partial charge in [0.15, 0.2) is 0 Å². The molecule has 14 heavy (non-hydrogen) atoms. The first kappa shape index (κ1) is 11.8. The van der Waals surface area contributed by atoms with Crippen molar-refractivity contribution in [2.75, 3.05) is 6.54 Å². The molecular formula is C13H25N. The van der Waals surface area contributed by atoms with Crippen LogP contribution in [0.1, 0.15) is 53.4 Å². The predicted molar refractivity (Wildman–Crippen MR) is 63.5 cm³/mol. The summed E-state index contributed by atoms with van der Waals surface area (Å²) >= 11 is 0. The lowest BCUT2D eigenvalue weighted by atomic mass is 9.78. The molecule has 0 saturated heterocycles. The van der Waals surface area contributed by atoms with Crippen LogP contribution >= 0.6 is 0 Å². The van der Waals surface area contributed by atoms with E-state index in [1.165, 1.54) is 25.7 Å². The Labute approximate surface area is 89.0 Å². The van der Waals surface area contributed by atoms with E-state index in [-0.39, 0.29) is 0 Å². The van der Waals surface area contributed by atoms with Crippen molar-refractivity contribution in [1.82, 2.24) is 5.32 Å². The van der Waals surface area contributed by atoms with Crippen LogP contribution in [0, 0.1) is 5.41 Å². The molecule has 1 heteroatoms. The molecule has 1 aliphatic carbocycles. The molecular weight excluding hydrogens is 170 g/mol. The second-order valence-electron chi connectivity index (χ2n) is 5.39. The van der Waals surface area contributed by atoms with E-state index in [1.54, 1.807) is 5.57 Å². The summed E-state index contributed by atoms with van der Waals surface area (Å²) in [5.74, 6) is 0. The van der Waals surface area contributed by atoms with Crippen molar-refractivity contribution in [1.29, 1.82) is 0 Å². The SMILES string of the molecule is CC(C)NCC(C)(C)C1=CCCCC1. The standard InChI is InChI=1S/C13H25N/c1-11(2)14-10-13(3,4)12-8-6-5-7-9-12/h8,11,14H,5-7,9-10H2,1-4H3. The Morgan fingerprint density at radius 3 is 2.57 bits per heavy atom. The van der Waals surface area contributed by atoms with Gasteiger partial charge in [-0.3, -0.25) is 0 Å². The second-order valence-corrected chi connectivity index (χ2v) is 5.39. The Morgan fingerprint density at radius 2 is 2.07 bits per heavy atom. The van der Waals surface area contributed by atoms with Crippen molar-refractivity contribution < 1.29 is 0 Å². The molecule has 1 N–H and O–H groups in total. The molecule has 0 aromatic carbocycles. The fourth-order valence-electron chi connectivity index (χ4n) is 2.03. The van der Waals surface area contributed by atoms with E-state index in [9.17, 15) is 0 Å². The Kier molecular flexibility index (Phi) is 4.18. The highest BCUT2D eigenvalue weighted by atomic mass is 14.9. The summed E-state index contributed by atoms with van der Waals surface area (Å²) in [6, 6.07) is 0.596. The number of nitrogens with one attached hydrogen (secondary N) is 1. The quantitative estimate of drug-likeness (QED) is 0.677. The van der Waals surface area contributed by atoms with Crippen molar-refractivity contribution in [3.8, 4) is 0 Å². The topological polar surface area (TPSA) is 12.0 Å². The Balaban J connectivity index is 2.50. The molecule has 0 aromatic rings. The first-order valence-corrected chi connectivity index (χ1v) is 5.95. The Hall–Kier alpha value is -0.300. The minimum atomic E-state index is 0.352. The van der Waals surface area contributed by atoms with Crippen LogP contribution in [0.25, 0.3) is 0 Å². The molecule has 1 aliphatic rings. The predicted octanol–water partition coefficient (Wildman–Crippen LogP) is 3.51. The van der Waals surface area contributed by atoms with E-state index in [1.807, 2.05) is 0 Å². The van der Waals surface area contributed by atoms with Gasteiger partial charge in [0.2, 0.25) is 0 Å². The van der Waals surface area contributed by atoms with E-state index >= 15 is 0 Å². The smallest absolute Gasteiger partial charge is 0.00422 e. The van der Waals surface area contributed by atoms with Gasteiger partial charge in [-0.15, -0.1) is 0 Å². The van der Waals surface area contributed by atoms with Gasteiger partial charge in [-0.2, -0.15) is 0 Å². The van der Waals surface area contributed by atoms with Crippen LogP contribution in [-0.2, 0) is 0 Å². The van der Waals surface area contributed by atoms with Crippen molar-refractivity contribution >= 4 is 0 Å². The van der Waals surface area contributed by atoms with Crippen molar-refractivity contribution in [3.05, 3.63) is 11.6 Å². The zero-order chi connectivity index (χ0) is 10.6. The van der Waals surface area contributed by atoms with Gasteiger partial charge in [0.05, 0.1) is 0 Å². The van der Waals surface area contributed by atoms with Gasteiger partial charge in [0.1, 0.15) is 0 Å². The molecule has 0 atom stereocenters. The monoisotopic (exact) mass is 195 g/mol. The van der Waals surface area contributed by atoms with Gasteiger partial charge in [-0.1, -0.05) is 39.3 Å². The normalized spacial score (nSPS) is 18.5. The molecule has 0 saturated carbocycles. The third kappa shape index (κ3) is 3.45. The summed E-state index contributed by atoms with van der Waals surface area (Å²) in [6.07, 6.45) is 7.84. The summed E-state index contributed by atoms with van der Waals surface area (Å²) in [5, 5.41) is 3.54. The van der Waals surface area contributed by atoms with Gasteiger partial charge >= 0.3 is 0 Å². The maximum Gasteiger partial charge on any atom is 0.00422 e. The lowest BCUT2D eigenvalue weighted by Crippen LogP contribution is -2.35. The van der Waals surface area contributed by atoms with Crippen molar-refractivity contribution in [2.24, 2.45) is 5.41 Å². The molecule has 1 nitrogen and oxygen atoms in total. The molecule has 0 aromatic heterocycles. The van der Waals surface area contributed by atoms with Gasteiger partial charge in [0.25, 0.3) is 0 Å². The summed E-state index contributed by atoms with van der Waals surface area (Å²) in [4.78, 5) is 0. The first-order valence-electron chi connectivity index (χ1n) is 5.95. The highest BCUT2D eigenvalue weighted by Crippen LogP contribution is 2.33. The minimum Gasteiger partial charge on any atom is -0.314 e. The fraction of sp³-hybridized carbons (Fsp3) is 0.846. The number of hydrogen-bond acceptors (Lipinski definition) is 1. The maximum atomic E-state index is 3.54. The lowest BCUT2D eigenvalue weighted by Gasteiger charge is -2.31. The third-order valence-corrected chi connectivity index (χ3v) is 3.11. The van der Waals surface area contributed by atoms with Gasteiger partial charge in [-0.25, -0.2) is 0 Å². The van der Waals surface area contributed by atoms with Gasteiger partial charge in [-0.05, 0) is 31.1 Å². The lowest BCUT2D eigenvalue weighted by molar-refractivity contribution is 0.368. The number of hydrogen-bond donors (Lipinski definition) is 1. The highest BCUT2D eigenvalue weighted by Gasteiger charge is 2.23. The minimum absolute atomic E-state index is 0.352. The van der Waals surface area contributed by atoms with Crippen LogP contribution in [0.5, 0.6) is 0 Å². The average molecular weight is 195 g/mol. The molecule has 82 valence electrons. The zero-order valence-corrected chi connectivity index (χ0v) is 10.2. The highest BCUT2D eigenvalue weighted by molar-refractivity contribution is 5.14. The van der Waals surface area contributed by atoms with Crippen molar-refractivity contribution in [2.45, 2.75) is 59.4 Å². The van der Waals surface area contributed by atoms with Crippen LogP contribution in [0.3, 0.4) is 0 Å². The first-order chi connectivity index (χ1) is 6.52. The Bertz CT molecular complexity index is 201. The molecule has 0 bridgehead atoms. The molecule has 1 rings (SSSR count). The van der Waals surface area contributed by atoms with E-state index < -0.39 is 0 Å². The molecule has 0 unspecified atom stereocenters. The largest absolute Gasteiger partial charge is 0.314 e. The second kappa shape index (κ2) is 4.97. The van der Waals surface area contributed by atoms with E-state index in [0.29, 0.717) is 11.5 Å². The van der Waals surface area contributed by atoms with Gasteiger partial charge < -0.3 is 5.32 Å². The molecule has 0 radical (unpaired) electrons. The summed E-state index contributed by atoms with van der Waals surface area (Å²) in [5.41, 5.74) is 2.02. The number of allylic oxidation sites excluding steroid dienone is 1. The summed E-state index contributed by atoms with van der Waals surface area (Å²) < 4.78 is 0. The fourth-order valence-corrected chi connectivity index (χ4v) is 2.03. The molecule has 0 spiro atoms. The molecule has 0 heterocycles. The van der Waals surface area contributed by atoms with Crippen LogP contribution in [-0.4, -0.2) is 12.6 Å². The van der Waals surface area contributed by atoms with E-state index in [2.05, 4.69) is 39.1 Å². The Morgan fingerprint density at radius 1 is 1.36 bits per heavy atom. The summed E-state index contributed by atoms with van der Waals surface area (Å²) in [6.45, 7) is 10.3. The summed E-state index contributed by atoms with van der Waals surface area (Å²) in [7, 11) is 0. The van der Waals surface area contributed by atoms with E-state index in [0.717, 1.165) is 6.54 Å². The van der Waals surface area contributed by atoms with Crippen LogP contribution < -0.4 is 5.32 Å². The molecule has 0 fully saturated rings. The van der Waals surface area contributed by atoms with E-state index in [4.69, 9.17) is 0 Å². The molecule has 0 aliphatic heterocycles. The zero-order valence-electron chi connectivity index (χ0n) is 10.2. The molecule has 0 amide bonds. The number of rotatable bonds is 4. The average Bonchev–Trinajstić information content (AvgIpc) is 2.16.